The summed E-state index contributed by atoms with van der Waals surface area (Å²) in [6.45, 7) is 13.2. The Hall–Kier alpha value is -1.16. The summed E-state index contributed by atoms with van der Waals surface area (Å²) in [5.41, 5.74) is 1.55. The van der Waals surface area contributed by atoms with Crippen LogP contribution in [-0.2, 0) is 20.8 Å². The van der Waals surface area contributed by atoms with Gasteiger partial charge in [0.15, 0.2) is 6.29 Å². The van der Waals surface area contributed by atoms with Crippen LogP contribution in [0.2, 0.25) is 0 Å². The minimum absolute atomic E-state index is 0.0212. The molecule has 9 rings (SSSR count). The molecule has 8 fully saturated rings. The first kappa shape index (κ1) is 32.1. The fourth-order valence-corrected chi connectivity index (χ4v) is 13.5. The number of morpholine rings is 1. The average molecular weight is 643 g/mol. The molecular weight excluding hydrogens is 586 g/mol. The molecule has 2 bridgehead atoms. The molecule has 6 aliphatic carbocycles. The number of fused-ring (bicyclic) bond motifs is 4. The Kier molecular flexibility index (Phi) is 7.98. The second kappa shape index (κ2) is 11.4. The topological polar surface area (TPSA) is 72.0 Å². The number of hydrogen-bond donors (Lipinski definition) is 3. The third kappa shape index (κ3) is 4.97. The molecule has 1 aromatic rings. The van der Waals surface area contributed by atoms with Crippen molar-refractivity contribution in [2.24, 2.45) is 51.2 Å². The van der Waals surface area contributed by atoms with Crippen LogP contribution in [0.15, 0.2) is 18.2 Å². The fraction of sp³-hybridized carbons (Fsp3) is 0.842. The zero-order valence-corrected chi connectivity index (χ0v) is 28.3. The third-order valence-electron chi connectivity index (χ3n) is 14.9. The second-order valence-electron chi connectivity index (χ2n) is 17.7. The van der Waals surface area contributed by atoms with Gasteiger partial charge in [-0.2, -0.15) is 0 Å². The van der Waals surface area contributed by atoms with Crippen LogP contribution in [0.5, 0.6) is 0 Å². The predicted octanol–water partition coefficient (Wildman–Crippen LogP) is 6.20. The lowest BCUT2D eigenvalue weighted by atomic mass is 9.36. The second-order valence-corrected chi connectivity index (χ2v) is 17.7. The minimum atomic E-state index is -0.552. The molecule has 11 atom stereocenters. The molecule has 256 valence electrons. The van der Waals surface area contributed by atoms with Crippen LogP contribution in [-0.4, -0.2) is 62.1 Å². The number of halogens is 2. The molecule has 6 nitrogen and oxygen atoms in total. The van der Waals surface area contributed by atoms with Crippen molar-refractivity contribution in [1.29, 1.82) is 0 Å². The predicted molar refractivity (Wildman–Crippen MR) is 172 cm³/mol. The van der Waals surface area contributed by atoms with Crippen LogP contribution >= 0.6 is 0 Å². The van der Waals surface area contributed by atoms with Crippen molar-refractivity contribution in [3.8, 4) is 0 Å². The van der Waals surface area contributed by atoms with E-state index in [0.717, 1.165) is 38.6 Å². The summed E-state index contributed by atoms with van der Waals surface area (Å²) in [7, 11) is 0. The van der Waals surface area contributed by atoms with Crippen molar-refractivity contribution in [2.45, 2.75) is 123 Å². The van der Waals surface area contributed by atoms with Gasteiger partial charge in [0.05, 0.1) is 31.0 Å². The van der Waals surface area contributed by atoms with Gasteiger partial charge in [-0.1, -0.05) is 27.7 Å². The molecular formula is C38H56F2N2O4. The van der Waals surface area contributed by atoms with Crippen molar-refractivity contribution >= 4 is 0 Å². The first-order chi connectivity index (χ1) is 21.9. The highest BCUT2D eigenvalue weighted by Crippen LogP contribution is 2.79. The molecule has 2 spiro atoms. The van der Waals surface area contributed by atoms with Gasteiger partial charge < -0.3 is 30.0 Å². The Morgan fingerprint density at radius 1 is 1.00 bits per heavy atom. The molecule has 0 radical (unpaired) electrons. The Morgan fingerprint density at radius 2 is 1.78 bits per heavy atom. The van der Waals surface area contributed by atoms with Gasteiger partial charge in [-0.05, 0) is 127 Å². The Balaban J connectivity index is 0.974. The summed E-state index contributed by atoms with van der Waals surface area (Å²) in [6, 6.07) is 3.66. The van der Waals surface area contributed by atoms with Crippen molar-refractivity contribution < 1.29 is 28.1 Å². The third-order valence-corrected chi connectivity index (χ3v) is 14.9. The summed E-state index contributed by atoms with van der Waals surface area (Å²) >= 11 is 0. The maximum absolute atomic E-state index is 13.7. The number of hydrogen-bond acceptors (Lipinski definition) is 6. The van der Waals surface area contributed by atoms with E-state index < -0.39 is 17.7 Å². The molecule has 1 aromatic carbocycles. The quantitative estimate of drug-likeness (QED) is 0.344. The highest BCUT2D eigenvalue weighted by atomic mass is 19.1. The van der Waals surface area contributed by atoms with Crippen LogP contribution in [0, 0.1) is 62.9 Å². The molecule has 11 unspecified atom stereocenters. The molecule has 0 aromatic heterocycles. The lowest BCUT2D eigenvalue weighted by molar-refractivity contribution is -0.254. The molecule has 0 amide bonds. The summed E-state index contributed by atoms with van der Waals surface area (Å²) in [6.07, 6.45) is 10.3. The largest absolute Gasteiger partial charge is 0.390 e. The van der Waals surface area contributed by atoms with E-state index in [2.05, 4.69) is 38.3 Å². The van der Waals surface area contributed by atoms with E-state index in [4.69, 9.17) is 14.2 Å². The smallest absolute Gasteiger partial charge is 0.170 e. The van der Waals surface area contributed by atoms with E-state index in [1.165, 1.54) is 57.1 Å². The standard InChI is InChI=1S/C38H56F2N2O4/c1-22-13-26(18-42-17-23-14-24(39)16-25(40)15-23)45-34-31(22)36(4)9-10-37-20-38(21-37)8-7-29(46-30-19-41-11-12-44-30)35(2,3)28(38)6-5-27(37)32(36)33(34)43/h14-16,22,26-34,41-43H,5-13,17-21H2,1-4H3. The molecule has 2 heterocycles. The van der Waals surface area contributed by atoms with Crippen LogP contribution in [0.1, 0.15) is 91.0 Å². The monoisotopic (exact) mass is 642 g/mol. The normalized spacial score (nSPS) is 49.1. The van der Waals surface area contributed by atoms with Crippen molar-refractivity contribution in [3.05, 3.63) is 35.4 Å². The van der Waals surface area contributed by atoms with E-state index in [0.29, 0.717) is 53.2 Å². The molecule has 2 aliphatic heterocycles. The van der Waals surface area contributed by atoms with Gasteiger partial charge in [0.25, 0.3) is 0 Å². The van der Waals surface area contributed by atoms with Gasteiger partial charge in [-0.3, -0.25) is 0 Å². The molecule has 6 saturated carbocycles. The van der Waals surface area contributed by atoms with E-state index in [1.54, 1.807) is 0 Å². The lowest BCUT2D eigenvalue weighted by Crippen LogP contribution is -2.62. The van der Waals surface area contributed by atoms with E-state index in [1.807, 2.05) is 0 Å². The molecule has 46 heavy (non-hydrogen) atoms. The highest BCUT2D eigenvalue weighted by Gasteiger charge is 2.74. The van der Waals surface area contributed by atoms with Crippen LogP contribution in [0.3, 0.4) is 0 Å². The van der Waals surface area contributed by atoms with Gasteiger partial charge >= 0.3 is 0 Å². The summed E-state index contributed by atoms with van der Waals surface area (Å²) in [5, 5.41) is 19.1. The first-order valence-electron chi connectivity index (χ1n) is 18.4. The fourth-order valence-electron chi connectivity index (χ4n) is 13.5. The molecule has 8 aliphatic rings. The van der Waals surface area contributed by atoms with Gasteiger partial charge in [0.2, 0.25) is 0 Å². The van der Waals surface area contributed by atoms with Gasteiger partial charge in [-0.15, -0.1) is 0 Å². The lowest BCUT2D eigenvalue weighted by Gasteiger charge is -2.69. The van der Waals surface area contributed by atoms with Gasteiger partial charge in [0, 0.05) is 32.2 Å². The van der Waals surface area contributed by atoms with E-state index >= 15 is 0 Å². The molecule has 2 saturated heterocycles. The summed E-state index contributed by atoms with van der Waals surface area (Å²) in [4.78, 5) is 0. The Bertz CT molecular complexity index is 1280. The Morgan fingerprint density at radius 3 is 2.52 bits per heavy atom. The van der Waals surface area contributed by atoms with Crippen molar-refractivity contribution in [1.82, 2.24) is 10.6 Å². The number of aliphatic hydroxyl groups excluding tert-OH is 1. The van der Waals surface area contributed by atoms with Gasteiger partial charge in [-0.25, -0.2) is 8.78 Å². The highest BCUT2D eigenvalue weighted by molar-refractivity contribution is 5.23. The van der Waals surface area contributed by atoms with E-state index in [9.17, 15) is 13.9 Å². The van der Waals surface area contributed by atoms with Crippen LogP contribution < -0.4 is 10.6 Å². The number of aliphatic hydroxyl groups is 1. The van der Waals surface area contributed by atoms with Gasteiger partial charge in [0.1, 0.15) is 11.6 Å². The number of ether oxygens (including phenoxy) is 3. The number of benzene rings is 1. The number of rotatable bonds is 6. The first-order valence-corrected chi connectivity index (χ1v) is 18.4. The van der Waals surface area contributed by atoms with Crippen molar-refractivity contribution in [2.75, 3.05) is 26.2 Å². The van der Waals surface area contributed by atoms with Crippen LogP contribution in [0.25, 0.3) is 0 Å². The minimum Gasteiger partial charge on any atom is -0.390 e. The van der Waals surface area contributed by atoms with Crippen molar-refractivity contribution in [3.63, 3.8) is 0 Å². The van der Waals surface area contributed by atoms with Crippen LogP contribution in [0.4, 0.5) is 8.78 Å². The zero-order valence-electron chi connectivity index (χ0n) is 28.3. The molecule has 8 heteroatoms. The average Bonchev–Trinajstić information content (AvgIpc) is 3.08. The summed E-state index contributed by atoms with van der Waals surface area (Å²) < 4.78 is 46.9. The Labute approximate surface area is 274 Å². The van der Waals surface area contributed by atoms with E-state index in [-0.39, 0.29) is 41.3 Å². The SMILES string of the molecule is CC1CC(CNCc2cc(F)cc(F)c2)OC2C(O)C3C4CCC5C6(CCC(OC7CNCCO7)C5(C)C)CC4(CCC3(C)C12)C6. The molecule has 3 N–H and O–H groups in total. The maximum atomic E-state index is 13.7. The number of nitrogens with one attached hydrogen (secondary N) is 2. The zero-order chi connectivity index (χ0) is 32.1. The summed E-state index contributed by atoms with van der Waals surface area (Å²) in [5.74, 6) is 1.15. The maximum Gasteiger partial charge on any atom is 0.170 e.